The average Bonchev–Trinajstić information content (AvgIpc) is 3.47. The third kappa shape index (κ3) is 5.94. The maximum Gasteiger partial charge on any atom is 0.319 e. The van der Waals surface area contributed by atoms with Gasteiger partial charge in [0.25, 0.3) is 0 Å². The summed E-state index contributed by atoms with van der Waals surface area (Å²) in [7, 11) is 0. The Morgan fingerprint density at radius 3 is 1.26 bits per heavy atom. The molecule has 12 bridgehead atoms. The Labute approximate surface area is 344 Å². The predicted molar refractivity (Wildman–Crippen MR) is 218 cm³/mol. The predicted octanol–water partition coefficient (Wildman–Crippen LogP) is 11.6. The number of ether oxygens (including phenoxy) is 3. The molecule has 4 heterocycles. The van der Waals surface area contributed by atoms with Crippen molar-refractivity contribution < 1.29 is 33.4 Å². The first-order valence-corrected chi connectivity index (χ1v) is 24.2. The Balaban J connectivity index is 0.996. The van der Waals surface area contributed by atoms with Gasteiger partial charge in [0.05, 0.1) is 10.8 Å². The Morgan fingerprint density at radius 2 is 0.842 bits per heavy atom. The number of fused-ring (bicyclic) bond motifs is 2. The van der Waals surface area contributed by atoms with Gasteiger partial charge in [0.2, 0.25) is 0 Å². The van der Waals surface area contributed by atoms with E-state index in [1.54, 1.807) is 0 Å². The van der Waals surface area contributed by atoms with E-state index < -0.39 is 10.8 Å². The van der Waals surface area contributed by atoms with Crippen molar-refractivity contribution in [3.63, 3.8) is 0 Å². The second kappa shape index (κ2) is 13.8. The molecule has 0 aromatic heterocycles. The lowest BCUT2D eigenvalue weighted by molar-refractivity contribution is -0.209. The highest BCUT2D eigenvalue weighted by Crippen LogP contribution is 2.76. The first-order valence-electron chi connectivity index (χ1n) is 24.2. The zero-order chi connectivity index (χ0) is 40.3. The van der Waals surface area contributed by atoms with Crippen molar-refractivity contribution in [2.24, 2.45) is 68.0 Å². The molecule has 4 spiro atoms. The molecule has 7 heteroatoms. The Hall–Kier alpha value is -1.92. The molecule has 4 aliphatic heterocycles. The summed E-state index contributed by atoms with van der Waals surface area (Å²) in [6, 6.07) is 0. The number of carbonyl (C=O) groups excluding carboxylic acids is 4. The maximum absolute atomic E-state index is 14.8. The van der Waals surface area contributed by atoms with Crippen LogP contribution in [0.15, 0.2) is 0 Å². The summed E-state index contributed by atoms with van der Waals surface area (Å²) in [6.45, 7) is 13.9. The summed E-state index contributed by atoms with van der Waals surface area (Å²) in [5.74, 6) is 1.40. The van der Waals surface area contributed by atoms with E-state index in [0.29, 0.717) is 36.5 Å². The van der Waals surface area contributed by atoms with Crippen LogP contribution in [0.1, 0.15) is 208 Å². The van der Waals surface area contributed by atoms with Gasteiger partial charge in [-0.1, -0.05) is 66.2 Å². The number of esters is 4. The molecule has 57 heavy (non-hydrogen) atoms. The zero-order valence-electron chi connectivity index (χ0n) is 36.7. The summed E-state index contributed by atoms with van der Waals surface area (Å²) < 4.78 is 19.5. The van der Waals surface area contributed by atoms with Crippen LogP contribution in [0.25, 0.3) is 0 Å². The lowest BCUT2D eigenvalue weighted by Gasteiger charge is -2.64. The van der Waals surface area contributed by atoms with Crippen LogP contribution < -0.4 is 0 Å². The fourth-order valence-electron chi connectivity index (χ4n) is 18.5. The van der Waals surface area contributed by atoms with E-state index >= 15 is 0 Å². The Bertz CT molecular complexity index is 1540. The zero-order valence-corrected chi connectivity index (χ0v) is 36.7. The average molecular weight is 789 g/mol. The van der Waals surface area contributed by atoms with Crippen molar-refractivity contribution in [3.05, 3.63) is 0 Å². The van der Waals surface area contributed by atoms with E-state index in [-0.39, 0.29) is 68.6 Å². The molecule has 0 aromatic carbocycles. The molecule has 12 aliphatic rings. The second-order valence-corrected chi connectivity index (χ2v) is 23.6. The van der Waals surface area contributed by atoms with Crippen LogP contribution in [-0.2, 0) is 33.4 Å². The monoisotopic (exact) mass is 789 g/mol. The molecular formula is C50H76O7. The first-order chi connectivity index (χ1) is 27.0. The van der Waals surface area contributed by atoms with Crippen LogP contribution in [0, 0.1) is 68.0 Å². The van der Waals surface area contributed by atoms with Gasteiger partial charge in [-0.05, 0) is 187 Å². The number of carbonyl (C=O) groups is 4. The summed E-state index contributed by atoms with van der Waals surface area (Å²) in [4.78, 5) is 56.5. The molecule has 0 aromatic rings. The van der Waals surface area contributed by atoms with Crippen LogP contribution in [-0.4, -0.2) is 35.1 Å². The highest BCUT2D eigenvalue weighted by Gasteiger charge is 2.72. The fourth-order valence-corrected chi connectivity index (χ4v) is 18.5. The molecular weight excluding hydrogens is 713 g/mol. The van der Waals surface area contributed by atoms with Gasteiger partial charge in [0, 0.05) is 12.8 Å². The SMILES string of the molecule is C[C@@H]1C[C@]23CC[C@@H]4[C@]5(C)CCC[C@]4(C)C(=O)OC(=O)[C@]4(C)CCC[C@@]6(C)[C@@H]7CC[C@@]8(C[C@@]7(CC[C@@H]64)C[C@@H]8C)OC(=O)CCCCCCCCC(=O)O[C@]1(CC[C@@H]25)C3. The molecule has 8 saturated carbocycles. The lowest BCUT2D eigenvalue weighted by Crippen LogP contribution is -2.61. The van der Waals surface area contributed by atoms with Gasteiger partial charge in [-0.25, -0.2) is 0 Å². The fraction of sp³-hybridized carbons (Fsp3) is 0.920. The van der Waals surface area contributed by atoms with Crippen molar-refractivity contribution in [2.45, 2.75) is 220 Å². The molecule has 0 N–H and O–H groups in total. The largest absolute Gasteiger partial charge is 0.459 e. The van der Waals surface area contributed by atoms with Gasteiger partial charge in [-0.2, -0.15) is 0 Å². The summed E-state index contributed by atoms with van der Waals surface area (Å²) >= 11 is 0. The molecule has 12 fully saturated rings. The normalized spacial score (nSPS) is 53.1. The second-order valence-electron chi connectivity index (χ2n) is 23.6. The minimum atomic E-state index is -0.688. The minimum absolute atomic E-state index is 0.0110. The molecule has 0 amide bonds. The van der Waals surface area contributed by atoms with Crippen LogP contribution in [0.4, 0.5) is 0 Å². The Morgan fingerprint density at radius 1 is 0.456 bits per heavy atom. The summed E-state index contributed by atoms with van der Waals surface area (Å²) in [6.07, 6.45) is 24.7. The number of rotatable bonds is 0. The Kier molecular flexibility index (Phi) is 9.80. The molecule has 4 saturated heterocycles. The van der Waals surface area contributed by atoms with E-state index in [2.05, 4.69) is 41.5 Å². The lowest BCUT2D eigenvalue weighted by atomic mass is 9.40. The van der Waals surface area contributed by atoms with E-state index in [1.807, 2.05) is 0 Å². The molecule has 0 unspecified atom stereocenters. The highest BCUT2D eigenvalue weighted by molar-refractivity contribution is 5.92. The molecule has 0 radical (unpaired) electrons. The van der Waals surface area contributed by atoms with E-state index in [0.717, 1.165) is 154 Å². The van der Waals surface area contributed by atoms with Crippen molar-refractivity contribution in [2.75, 3.05) is 0 Å². The molecule has 8 aliphatic carbocycles. The highest BCUT2D eigenvalue weighted by atomic mass is 16.6. The van der Waals surface area contributed by atoms with Gasteiger partial charge in [-0.3, -0.25) is 19.2 Å². The number of hydrogen-bond acceptors (Lipinski definition) is 7. The molecule has 7 nitrogen and oxygen atoms in total. The van der Waals surface area contributed by atoms with E-state index in [9.17, 15) is 19.2 Å². The molecule has 14 atom stereocenters. The standard InChI is InChI=1S/C50H76O7/c1-33-29-47-25-17-35-43(3)21-13-23-45(35,5)41(53)55-42(54)46(6)24-14-22-44(4)36(46)18-26-48-30-34(2)50(32-48,28-20-38(44)48)57-40(52)16-12-10-8-7-9-11-15-39(51)56-49(33,31-47)27-19-37(43)47/h33-38H,7-32H2,1-6H3/t33-,34+,35-,36+,37-,38+,43+,44-,45+,46-,47+,48-,49-,50+. The van der Waals surface area contributed by atoms with Crippen LogP contribution >= 0.6 is 0 Å². The van der Waals surface area contributed by atoms with Crippen LogP contribution in [0.5, 0.6) is 0 Å². The van der Waals surface area contributed by atoms with Crippen LogP contribution in [0.2, 0.25) is 0 Å². The van der Waals surface area contributed by atoms with Crippen molar-refractivity contribution in [1.29, 1.82) is 0 Å². The third-order valence-corrected chi connectivity index (χ3v) is 20.9. The van der Waals surface area contributed by atoms with Crippen molar-refractivity contribution in [1.82, 2.24) is 0 Å². The summed E-state index contributed by atoms with van der Waals surface area (Å²) in [5, 5.41) is 0. The van der Waals surface area contributed by atoms with E-state index in [4.69, 9.17) is 14.2 Å². The first kappa shape index (κ1) is 40.5. The van der Waals surface area contributed by atoms with Gasteiger partial charge < -0.3 is 14.2 Å². The van der Waals surface area contributed by atoms with E-state index in [1.165, 1.54) is 0 Å². The number of hydrogen-bond donors (Lipinski definition) is 0. The minimum Gasteiger partial charge on any atom is -0.459 e. The third-order valence-electron chi connectivity index (χ3n) is 20.9. The van der Waals surface area contributed by atoms with Crippen molar-refractivity contribution in [3.8, 4) is 0 Å². The van der Waals surface area contributed by atoms with Crippen LogP contribution in [0.3, 0.4) is 0 Å². The smallest absolute Gasteiger partial charge is 0.319 e. The van der Waals surface area contributed by atoms with Gasteiger partial charge in [0.1, 0.15) is 11.2 Å². The van der Waals surface area contributed by atoms with Gasteiger partial charge >= 0.3 is 23.9 Å². The summed E-state index contributed by atoms with van der Waals surface area (Å²) in [5.41, 5.74) is -1.85. The van der Waals surface area contributed by atoms with Gasteiger partial charge in [0.15, 0.2) is 0 Å². The van der Waals surface area contributed by atoms with Crippen molar-refractivity contribution >= 4 is 23.9 Å². The molecule has 12 rings (SSSR count). The quantitative estimate of drug-likeness (QED) is 0.137. The molecule has 318 valence electrons. The maximum atomic E-state index is 14.8. The van der Waals surface area contributed by atoms with Gasteiger partial charge in [-0.15, -0.1) is 0 Å². The topological polar surface area (TPSA) is 96.0 Å².